The number of esters is 1. The Bertz CT molecular complexity index is 1430. The van der Waals surface area contributed by atoms with E-state index in [1.54, 1.807) is 24.5 Å². The molecule has 0 unspecified atom stereocenters. The van der Waals surface area contributed by atoms with Gasteiger partial charge in [0.15, 0.2) is 4.80 Å². The van der Waals surface area contributed by atoms with E-state index in [-0.39, 0.29) is 12.2 Å². The fourth-order valence-electron chi connectivity index (χ4n) is 3.82. The number of ether oxygens (including phenoxy) is 2. The topological polar surface area (TPSA) is 69.9 Å². The maximum atomic E-state index is 13.6. The van der Waals surface area contributed by atoms with Crippen LogP contribution < -0.4 is 19.6 Å². The van der Waals surface area contributed by atoms with E-state index in [1.165, 1.54) is 11.3 Å². The zero-order valence-corrected chi connectivity index (χ0v) is 20.2. The molecule has 1 aromatic heterocycles. The summed E-state index contributed by atoms with van der Waals surface area (Å²) in [6.07, 6.45) is 3.52. The molecule has 34 heavy (non-hydrogen) atoms. The lowest BCUT2D eigenvalue weighted by Gasteiger charge is -2.24. The Morgan fingerprint density at radius 1 is 1.15 bits per heavy atom. The molecule has 3 aromatic rings. The Balaban J connectivity index is 1.84. The van der Waals surface area contributed by atoms with Gasteiger partial charge in [0, 0.05) is 0 Å². The summed E-state index contributed by atoms with van der Waals surface area (Å²) in [6, 6.07) is 14.7. The number of allylic oxidation sites excluding steroid dienone is 1. The molecule has 0 amide bonds. The highest BCUT2D eigenvalue weighted by Gasteiger charge is 2.33. The van der Waals surface area contributed by atoms with Gasteiger partial charge in [0.05, 0.1) is 28.5 Å². The molecule has 7 heteroatoms. The van der Waals surface area contributed by atoms with Gasteiger partial charge in [-0.2, -0.15) is 0 Å². The number of rotatable bonds is 7. The van der Waals surface area contributed by atoms with Crippen LogP contribution in [-0.4, -0.2) is 23.8 Å². The minimum absolute atomic E-state index is 0.199. The van der Waals surface area contributed by atoms with Crippen molar-refractivity contribution < 1.29 is 14.3 Å². The van der Waals surface area contributed by atoms with Crippen LogP contribution in [0.15, 0.2) is 82.2 Å². The Kier molecular flexibility index (Phi) is 6.93. The van der Waals surface area contributed by atoms with E-state index in [9.17, 15) is 9.59 Å². The molecule has 0 aliphatic carbocycles. The second-order valence-electron chi connectivity index (χ2n) is 7.88. The van der Waals surface area contributed by atoms with Crippen LogP contribution in [0.1, 0.15) is 36.6 Å². The van der Waals surface area contributed by atoms with Crippen LogP contribution in [0.2, 0.25) is 0 Å². The molecule has 1 aliphatic heterocycles. The number of aromatic nitrogens is 1. The lowest BCUT2D eigenvalue weighted by Crippen LogP contribution is -2.39. The average molecular weight is 475 g/mol. The van der Waals surface area contributed by atoms with E-state index in [1.807, 2.05) is 61.5 Å². The molecule has 2 heterocycles. The van der Waals surface area contributed by atoms with Crippen molar-refractivity contribution in [2.24, 2.45) is 4.99 Å². The normalized spacial score (nSPS) is 15.5. The number of aryl methyl sites for hydroxylation is 1. The van der Waals surface area contributed by atoms with Crippen LogP contribution in [0, 0.1) is 6.92 Å². The zero-order chi connectivity index (χ0) is 24.2. The molecule has 174 valence electrons. The molecule has 0 spiro atoms. The average Bonchev–Trinajstić information content (AvgIpc) is 3.12. The minimum Gasteiger partial charge on any atom is -0.490 e. The van der Waals surface area contributed by atoms with Crippen molar-refractivity contribution in [1.82, 2.24) is 4.57 Å². The number of fused-ring (bicyclic) bond motifs is 1. The van der Waals surface area contributed by atoms with E-state index >= 15 is 0 Å². The molecule has 0 saturated heterocycles. The number of carbonyl (C=O) groups is 1. The highest BCUT2D eigenvalue weighted by atomic mass is 32.1. The molecular formula is C27H26N2O4S. The Labute approximate surface area is 201 Å². The zero-order valence-electron chi connectivity index (χ0n) is 19.4. The molecule has 0 fully saturated rings. The maximum absolute atomic E-state index is 13.6. The Morgan fingerprint density at radius 2 is 1.85 bits per heavy atom. The first-order valence-electron chi connectivity index (χ1n) is 11.0. The molecule has 0 bridgehead atoms. The van der Waals surface area contributed by atoms with Gasteiger partial charge >= 0.3 is 5.97 Å². The van der Waals surface area contributed by atoms with Crippen LogP contribution in [0.3, 0.4) is 0 Å². The highest BCUT2D eigenvalue weighted by Crippen LogP contribution is 2.30. The summed E-state index contributed by atoms with van der Waals surface area (Å²) in [5, 5.41) is 0. The van der Waals surface area contributed by atoms with Crippen LogP contribution in [0.4, 0.5) is 0 Å². The number of nitrogens with zero attached hydrogens (tertiary/aromatic N) is 2. The summed E-state index contributed by atoms with van der Waals surface area (Å²) >= 11 is 1.30. The summed E-state index contributed by atoms with van der Waals surface area (Å²) in [5.41, 5.74) is 3.53. The molecule has 0 N–H and O–H groups in total. The van der Waals surface area contributed by atoms with E-state index in [4.69, 9.17) is 9.47 Å². The number of benzene rings is 2. The third-order valence-corrected chi connectivity index (χ3v) is 6.44. The van der Waals surface area contributed by atoms with Crippen molar-refractivity contribution in [1.29, 1.82) is 0 Å². The van der Waals surface area contributed by atoms with E-state index < -0.39 is 12.0 Å². The quantitative estimate of drug-likeness (QED) is 0.387. The third kappa shape index (κ3) is 4.65. The van der Waals surface area contributed by atoms with Gasteiger partial charge in [-0.1, -0.05) is 66.0 Å². The van der Waals surface area contributed by atoms with Crippen LogP contribution in [0.5, 0.6) is 5.75 Å². The van der Waals surface area contributed by atoms with Gasteiger partial charge < -0.3 is 9.47 Å². The van der Waals surface area contributed by atoms with Gasteiger partial charge in [0.1, 0.15) is 12.4 Å². The van der Waals surface area contributed by atoms with Crippen LogP contribution in [0.25, 0.3) is 6.08 Å². The van der Waals surface area contributed by atoms with Gasteiger partial charge in [-0.25, -0.2) is 9.79 Å². The Morgan fingerprint density at radius 3 is 2.50 bits per heavy atom. The van der Waals surface area contributed by atoms with Gasteiger partial charge in [0.2, 0.25) is 0 Å². The molecule has 6 nitrogen and oxygen atoms in total. The molecule has 4 rings (SSSR count). The number of thiazole rings is 1. The van der Waals surface area contributed by atoms with Gasteiger partial charge in [-0.05, 0) is 50.1 Å². The molecule has 1 atom stereocenters. The first-order valence-corrected chi connectivity index (χ1v) is 11.8. The van der Waals surface area contributed by atoms with E-state index in [0.29, 0.717) is 27.2 Å². The van der Waals surface area contributed by atoms with Crippen molar-refractivity contribution in [3.8, 4) is 5.75 Å². The fourth-order valence-corrected chi connectivity index (χ4v) is 4.87. The van der Waals surface area contributed by atoms with Crippen molar-refractivity contribution >= 4 is 23.4 Å². The van der Waals surface area contributed by atoms with Crippen LogP contribution >= 0.6 is 11.3 Å². The Hall–Kier alpha value is -3.71. The fraction of sp³-hybridized carbons (Fsp3) is 0.222. The SMILES string of the molecule is C=CCOc1ccc(/C=c2\sc3n(c2=O)[C@@H](c2ccc(C)cc2)C(C(=O)OCC)=C(C)N=3)cc1. The number of hydrogen-bond acceptors (Lipinski definition) is 6. The predicted octanol–water partition coefficient (Wildman–Crippen LogP) is 3.67. The summed E-state index contributed by atoms with van der Waals surface area (Å²) < 4.78 is 13.0. The molecular weight excluding hydrogens is 448 g/mol. The first kappa shape index (κ1) is 23.4. The molecule has 0 saturated carbocycles. The van der Waals surface area contributed by atoms with Gasteiger partial charge in [-0.3, -0.25) is 9.36 Å². The van der Waals surface area contributed by atoms with Crippen molar-refractivity contribution in [3.63, 3.8) is 0 Å². The lowest BCUT2D eigenvalue weighted by molar-refractivity contribution is -0.139. The lowest BCUT2D eigenvalue weighted by atomic mass is 9.95. The number of hydrogen-bond donors (Lipinski definition) is 0. The smallest absolute Gasteiger partial charge is 0.338 e. The third-order valence-electron chi connectivity index (χ3n) is 5.46. The summed E-state index contributed by atoms with van der Waals surface area (Å²) in [4.78, 5) is 31.6. The number of carbonyl (C=O) groups excluding carboxylic acids is 1. The first-order chi connectivity index (χ1) is 16.4. The minimum atomic E-state index is -0.604. The summed E-state index contributed by atoms with van der Waals surface area (Å²) in [5.74, 6) is 0.270. The second-order valence-corrected chi connectivity index (χ2v) is 8.89. The molecule has 1 aliphatic rings. The van der Waals surface area contributed by atoms with Gasteiger partial charge in [0.25, 0.3) is 5.56 Å². The molecule has 0 radical (unpaired) electrons. The highest BCUT2D eigenvalue weighted by molar-refractivity contribution is 7.07. The standard InChI is InChI=1S/C27H26N2O4S/c1-5-15-33-21-13-9-19(10-14-21)16-22-25(30)29-24(20-11-7-17(3)8-12-20)23(26(31)32-6-2)18(4)28-27(29)34-22/h5,7-14,16,24H,1,6,15H2,2-4H3/b22-16-/t24-/m0/s1. The summed E-state index contributed by atoms with van der Waals surface area (Å²) in [7, 11) is 0. The largest absolute Gasteiger partial charge is 0.490 e. The molecule has 2 aromatic carbocycles. The van der Waals surface area contributed by atoms with E-state index in [0.717, 1.165) is 22.4 Å². The van der Waals surface area contributed by atoms with E-state index in [2.05, 4.69) is 11.6 Å². The van der Waals surface area contributed by atoms with Crippen LogP contribution in [-0.2, 0) is 9.53 Å². The monoisotopic (exact) mass is 474 g/mol. The predicted molar refractivity (Wildman–Crippen MR) is 134 cm³/mol. The van der Waals surface area contributed by atoms with Crippen molar-refractivity contribution in [2.45, 2.75) is 26.8 Å². The maximum Gasteiger partial charge on any atom is 0.338 e. The van der Waals surface area contributed by atoms with Gasteiger partial charge in [-0.15, -0.1) is 0 Å². The van der Waals surface area contributed by atoms with Crippen molar-refractivity contribution in [3.05, 3.63) is 109 Å². The second kappa shape index (κ2) is 10.1. The summed E-state index contributed by atoms with van der Waals surface area (Å²) in [6.45, 7) is 9.86. The van der Waals surface area contributed by atoms with Crippen molar-refractivity contribution in [2.75, 3.05) is 13.2 Å².